The van der Waals surface area contributed by atoms with Crippen LogP contribution in [0.5, 0.6) is 0 Å². The Balaban J connectivity index is -0.0000000380. The zero-order valence-electron chi connectivity index (χ0n) is 9.01. The van der Waals surface area contributed by atoms with Crippen LogP contribution in [-0.2, 0) is 35.0 Å². The van der Waals surface area contributed by atoms with Gasteiger partial charge in [-0.2, -0.15) is 6.92 Å². The Labute approximate surface area is 118 Å². The van der Waals surface area contributed by atoms with Crippen LogP contribution in [0.2, 0.25) is 0 Å². The quantitative estimate of drug-likeness (QED) is 0.340. The van der Waals surface area contributed by atoms with Crippen LogP contribution < -0.4 is 0 Å². The van der Waals surface area contributed by atoms with E-state index in [1.165, 1.54) is 6.08 Å². The molecule has 1 aliphatic carbocycles. The molecule has 0 heterocycles. The van der Waals surface area contributed by atoms with E-state index in [1.54, 1.807) is 0 Å². The Morgan fingerprint density at radius 3 is 1.18 bits per heavy atom. The maximum atomic E-state index is 7.50. The third kappa shape index (κ3) is 69.8. The van der Waals surface area contributed by atoms with Crippen molar-refractivity contribution in [2.24, 2.45) is 0 Å². The summed E-state index contributed by atoms with van der Waals surface area (Å²) in [5.74, 6) is 4.91. The molecule has 0 amide bonds. The molecule has 1 aliphatic rings. The average Bonchev–Trinajstić information content (AvgIpc) is 2.97. The van der Waals surface area contributed by atoms with Crippen LogP contribution in [0.4, 0.5) is 0 Å². The number of hydrogen-bond donors (Lipinski definition) is 0. The number of rotatable bonds is 0. The van der Waals surface area contributed by atoms with E-state index in [9.17, 15) is 0 Å². The predicted octanol–water partition coefficient (Wildman–Crippen LogP) is 1.92. The Kier molecular flexibility index (Phi) is 105. The molecule has 3 nitrogen and oxygen atoms in total. The standard InChI is InChI=1S/2C5H5.3CO.W/c1-2-4-5-3-1;1-3-5-4-2;3*1-2;/h1-5H;3H,1-2H2;;;;/q;-1;;;;. The molecular formula is C13H10O3W-. The average molecular weight is 398 g/mol. The molecule has 0 aliphatic heterocycles. The summed E-state index contributed by atoms with van der Waals surface area (Å²) in [6.45, 7) is 20.1. The number of allylic oxidation sites excluding steroid dienone is 1. The molecule has 87 valence electrons. The minimum absolute atomic E-state index is 0. The maximum Gasteiger partial charge on any atom is 0 e. The molecule has 0 aromatic carbocycles. The molecule has 0 spiro atoms. The van der Waals surface area contributed by atoms with E-state index in [-0.39, 0.29) is 21.1 Å². The van der Waals surface area contributed by atoms with Gasteiger partial charge in [0.2, 0.25) is 0 Å². The van der Waals surface area contributed by atoms with E-state index in [0.717, 1.165) is 0 Å². The van der Waals surface area contributed by atoms with Gasteiger partial charge in [-0.05, 0) is 32.1 Å². The second-order valence-electron chi connectivity index (χ2n) is 1.49. The molecule has 0 N–H and O–H groups in total. The molecule has 0 aromatic rings. The Bertz CT molecular complexity index is 205. The first-order valence-corrected chi connectivity index (χ1v) is 3.58. The molecule has 4 heteroatoms. The molecule has 1 saturated carbocycles. The molecule has 5 radical (unpaired) electrons. The van der Waals surface area contributed by atoms with Gasteiger partial charge >= 0.3 is 33.9 Å². The van der Waals surface area contributed by atoms with Gasteiger partial charge in [0.25, 0.3) is 0 Å². The smallest absolute Gasteiger partial charge is 0 e. The van der Waals surface area contributed by atoms with Gasteiger partial charge in [-0.25, -0.2) is 0 Å². The van der Waals surface area contributed by atoms with Crippen molar-refractivity contribution in [1.29, 1.82) is 0 Å². The van der Waals surface area contributed by atoms with Crippen molar-refractivity contribution >= 4 is 0 Å². The van der Waals surface area contributed by atoms with Gasteiger partial charge in [-0.3, -0.25) is 5.92 Å². The van der Waals surface area contributed by atoms with Crippen LogP contribution in [0.1, 0.15) is 0 Å². The molecule has 1 rings (SSSR count). The molecule has 0 aromatic heterocycles. The van der Waals surface area contributed by atoms with Gasteiger partial charge in [-0.1, -0.05) is 0 Å². The van der Waals surface area contributed by atoms with E-state index in [2.05, 4.69) is 45.3 Å². The second-order valence-corrected chi connectivity index (χ2v) is 1.49. The second kappa shape index (κ2) is 59.6. The van der Waals surface area contributed by atoms with Crippen molar-refractivity contribution in [2.45, 2.75) is 0 Å². The van der Waals surface area contributed by atoms with Gasteiger partial charge in [0.15, 0.2) is 0 Å². The third-order valence-electron chi connectivity index (χ3n) is 0.760. The fraction of sp³-hybridized carbons (Fsp3) is 0. The van der Waals surface area contributed by atoms with E-state index < -0.39 is 0 Å². The normalized spacial score (nSPS) is 8.59. The van der Waals surface area contributed by atoms with Gasteiger partial charge in [0.1, 0.15) is 0 Å². The molecule has 17 heavy (non-hydrogen) atoms. The van der Waals surface area contributed by atoms with Crippen LogP contribution in [0.3, 0.4) is 0 Å². The third-order valence-corrected chi connectivity index (χ3v) is 0.760. The molecule has 1 fully saturated rings. The Hall–Kier alpha value is -0.922. The summed E-state index contributed by atoms with van der Waals surface area (Å²) >= 11 is 0. The van der Waals surface area contributed by atoms with Crippen LogP contribution in [0.15, 0.2) is 12.7 Å². The van der Waals surface area contributed by atoms with E-state index in [4.69, 9.17) is 14.0 Å². The first-order valence-electron chi connectivity index (χ1n) is 3.58. The Morgan fingerprint density at radius 2 is 1.12 bits per heavy atom. The van der Waals surface area contributed by atoms with Gasteiger partial charge in [0.05, 0.1) is 0 Å². The largest absolute Gasteiger partial charge is 0.0312 e. The van der Waals surface area contributed by atoms with E-state index in [1.807, 2.05) is 32.1 Å². The molecule has 0 saturated heterocycles. The zero-order valence-corrected chi connectivity index (χ0v) is 11.9. The van der Waals surface area contributed by atoms with Gasteiger partial charge in [-0.15, -0.1) is 12.7 Å². The predicted molar refractivity (Wildman–Crippen MR) is 56.6 cm³/mol. The minimum Gasteiger partial charge on any atom is -0.0312 e. The van der Waals surface area contributed by atoms with Crippen molar-refractivity contribution in [3.05, 3.63) is 71.6 Å². The number of hydrogen-bond acceptors (Lipinski definition) is 0. The SMILES string of the molecule is C=CC#C[CH2-].[C-]#[O+].[C-]#[O+].[C-]#[O+].[CH]1[CH][CH][CH][CH]1.[W]. The topological polar surface area (TPSA) is 59.7 Å². The van der Waals surface area contributed by atoms with Crippen molar-refractivity contribution in [2.75, 3.05) is 0 Å². The minimum atomic E-state index is 0. The fourth-order valence-corrected chi connectivity index (χ4v) is 0.393. The fourth-order valence-electron chi connectivity index (χ4n) is 0.393. The van der Waals surface area contributed by atoms with E-state index >= 15 is 0 Å². The molecule has 0 unspecified atom stereocenters. The van der Waals surface area contributed by atoms with Gasteiger partial charge < -0.3 is 5.92 Å². The summed E-state index contributed by atoms with van der Waals surface area (Å²) < 4.78 is 22.5. The van der Waals surface area contributed by atoms with Crippen molar-refractivity contribution in [1.82, 2.24) is 0 Å². The van der Waals surface area contributed by atoms with Crippen LogP contribution >= 0.6 is 0 Å². The summed E-state index contributed by atoms with van der Waals surface area (Å²) in [6.07, 6.45) is 11.5. The van der Waals surface area contributed by atoms with Crippen molar-refractivity contribution < 1.29 is 35.0 Å². The van der Waals surface area contributed by atoms with Crippen LogP contribution in [0.25, 0.3) is 0 Å². The summed E-state index contributed by atoms with van der Waals surface area (Å²) in [7, 11) is 0. The first-order chi connectivity index (χ1) is 7.91. The zero-order chi connectivity index (χ0) is 13.7. The summed E-state index contributed by atoms with van der Waals surface area (Å²) in [5, 5.41) is 0. The molecule has 0 atom stereocenters. The summed E-state index contributed by atoms with van der Waals surface area (Å²) in [4.78, 5) is 0. The Morgan fingerprint density at radius 1 is 0.882 bits per heavy atom. The molecule has 0 bridgehead atoms. The van der Waals surface area contributed by atoms with Crippen LogP contribution in [0, 0.1) is 70.8 Å². The maximum absolute atomic E-state index is 7.50. The van der Waals surface area contributed by atoms with Crippen molar-refractivity contribution in [3.63, 3.8) is 0 Å². The van der Waals surface area contributed by atoms with Crippen LogP contribution in [-0.4, -0.2) is 0 Å². The summed E-state index contributed by atoms with van der Waals surface area (Å²) in [5.41, 5.74) is 0. The molecular weight excluding hydrogens is 388 g/mol. The summed E-state index contributed by atoms with van der Waals surface area (Å²) in [6, 6.07) is 0. The first kappa shape index (κ1) is 29.8. The van der Waals surface area contributed by atoms with Gasteiger partial charge in [0, 0.05) is 21.1 Å². The van der Waals surface area contributed by atoms with Crippen molar-refractivity contribution in [3.8, 4) is 11.8 Å². The van der Waals surface area contributed by atoms with E-state index in [0.29, 0.717) is 0 Å². The monoisotopic (exact) mass is 398 g/mol.